The van der Waals surface area contributed by atoms with Crippen molar-refractivity contribution in [3.63, 3.8) is 0 Å². The third kappa shape index (κ3) is 4.63. The summed E-state index contributed by atoms with van der Waals surface area (Å²) in [4.78, 5) is 0. The van der Waals surface area contributed by atoms with Crippen molar-refractivity contribution in [2.45, 2.75) is 45.6 Å². The SMILES string of the molecule is CCNCC(C)NCCC1CCC1. The zero-order chi connectivity index (χ0) is 9.52. The maximum Gasteiger partial charge on any atom is 0.0164 e. The van der Waals surface area contributed by atoms with Gasteiger partial charge in [0.15, 0.2) is 0 Å². The molecular weight excluding hydrogens is 160 g/mol. The summed E-state index contributed by atoms with van der Waals surface area (Å²) >= 11 is 0. The summed E-state index contributed by atoms with van der Waals surface area (Å²) in [5.74, 6) is 1.04. The van der Waals surface area contributed by atoms with Crippen molar-refractivity contribution in [1.29, 1.82) is 0 Å². The van der Waals surface area contributed by atoms with E-state index in [-0.39, 0.29) is 0 Å². The molecule has 2 heteroatoms. The molecular formula is C11H24N2. The molecule has 0 aromatic heterocycles. The summed E-state index contributed by atoms with van der Waals surface area (Å²) < 4.78 is 0. The number of rotatable bonds is 7. The Morgan fingerprint density at radius 3 is 2.69 bits per heavy atom. The van der Waals surface area contributed by atoms with Crippen molar-refractivity contribution >= 4 is 0 Å². The second-order valence-electron chi connectivity index (χ2n) is 4.25. The Morgan fingerprint density at radius 2 is 2.15 bits per heavy atom. The predicted octanol–water partition coefficient (Wildman–Crippen LogP) is 1.76. The Morgan fingerprint density at radius 1 is 1.38 bits per heavy atom. The molecule has 1 unspecified atom stereocenters. The van der Waals surface area contributed by atoms with Crippen molar-refractivity contribution in [2.75, 3.05) is 19.6 Å². The van der Waals surface area contributed by atoms with Crippen molar-refractivity contribution in [2.24, 2.45) is 5.92 Å². The highest BCUT2D eigenvalue weighted by Gasteiger charge is 2.16. The first-order chi connectivity index (χ1) is 6.33. The van der Waals surface area contributed by atoms with Gasteiger partial charge in [-0.25, -0.2) is 0 Å². The molecule has 1 rings (SSSR count). The molecule has 2 N–H and O–H groups in total. The lowest BCUT2D eigenvalue weighted by Gasteiger charge is -2.26. The zero-order valence-electron chi connectivity index (χ0n) is 9.10. The summed E-state index contributed by atoms with van der Waals surface area (Å²) in [5.41, 5.74) is 0. The van der Waals surface area contributed by atoms with Gasteiger partial charge < -0.3 is 10.6 Å². The normalized spacial score (nSPS) is 19.8. The molecule has 0 heterocycles. The Hall–Kier alpha value is -0.0800. The highest BCUT2D eigenvalue weighted by molar-refractivity contribution is 4.71. The number of nitrogens with one attached hydrogen (secondary N) is 2. The molecule has 0 amide bonds. The number of hydrogen-bond donors (Lipinski definition) is 2. The van der Waals surface area contributed by atoms with E-state index in [1.807, 2.05) is 0 Å². The molecule has 1 aliphatic carbocycles. The van der Waals surface area contributed by atoms with Gasteiger partial charge in [0, 0.05) is 12.6 Å². The molecule has 1 fully saturated rings. The largest absolute Gasteiger partial charge is 0.315 e. The molecule has 1 saturated carbocycles. The lowest BCUT2D eigenvalue weighted by molar-refractivity contribution is 0.288. The van der Waals surface area contributed by atoms with E-state index < -0.39 is 0 Å². The molecule has 1 aliphatic rings. The Bertz CT molecular complexity index is 121. The molecule has 2 nitrogen and oxygen atoms in total. The minimum atomic E-state index is 0.625. The van der Waals surface area contributed by atoms with Crippen molar-refractivity contribution in [1.82, 2.24) is 10.6 Å². The molecule has 0 bridgehead atoms. The first kappa shape index (κ1) is 11.0. The van der Waals surface area contributed by atoms with Gasteiger partial charge in [-0.05, 0) is 32.4 Å². The fraction of sp³-hybridized carbons (Fsp3) is 1.00. The average molecular weight is 184 g/mol. The lowest BCUT2D eigenvalue weighted by Crippen LogP contribution is -2.37. The van der Waals surface area contributed by atoms with Gasteiger partial charge in [-0.15, -0.1) is 0 Å². The molecule has 13 heavy (non-hydrogen) atoms. The Labute approximate surface area is 82.5 Å². The van der Waals surface area contributed by atoms with Gasteiger partial charge in [-0.1, -0.05) is 26.2 Å². The van der Waals surface area contributed by atoms with Crippen LogP contribution in [0.4, 0.5) is 0 Å². The third-order valence-corrected chi connectivity index (χ3v) is 2.97. The van der Waals surface area contributed by atoms with Gasteiger partial charge in [0.05, 0.1) is 0 Å². The molecule has 0 aliphatic heterocycles. The minimum absolute atomic E-state index is 0.625. The van der Waals surface area contributed by atoms with Crippen LogP contribution >= 0.6 is 0 Å². The van der Waals surface area contributed by atoms with Gasteiger partial charge in [-0.2, -0.15) is 0 Å². The summed E-state index contributed by atoms with van der Waals surface area (Å²) in [7, 11) is 0. The van der Waals surface area contributed by atoms with Crippen LogP contribution in [0.3, 0.4) is 0 Å². The Kier molecular flexibility index (Phi) is 5.40. The fourth-order valence-corrected chi connectivity index (χ4v) is 1.75. The second kappa shape index (κ2) is 6.39. The second-order valence-corrected chi connectivity index (χ2v) is 4.25. The van der Waals surface area contributed by atoms with E-state index in [0.717, 1.165) is 19.0 Å². The van der Waals surface area contributed by atoms with Crippen LogP contribution in [-0.2, 0) is 0 Å². The van der Waals surface area contributed by atoms with E-state index in [1.165, 1.54) is 32.2 Å². The quantitative estimate of drug-likeness (QED) is 0.630. The van der Waals surface area contributed by atoms with E-state index in [4.69, 9.17) is 0 Å². The van der Waals surface area contributed by atoms with Crippen LogP contribution in [0.5, 0.6) is 0 Å². The molecule has 78 valence electrons. The predicted molar refractivity (Wildman–Crippen MR) is 58.0 cm³/mol. The van der Waals surface area contributed by atoms with Crippen molar-refractivity contribution < 1.29 is 0 Å². The summed E-state index contributed by atoms with van der Waals surface area (Å²) in [6.07, 6.45) is 5.81. The molecule has 0 aromatic rings. The van der Waals surface area contributed by atoms with Crippen LogP contribution in [-0.4, -0.2) is 25.7 Å². The number of likely N-dealkylation sites (N-methyl/N-ethyl adjacent to an activating group) is 1. The standard InChI is InChI=1S/C11H24N2/c1-3-12-9-10(2)13-8-7-11-5-4-6-11/h10-13H,3-9H2,1-2H3. The van der Waals surface area contributed by atoms with Crippen LogP contribution in [0.15, 0.2) is 0 Å². The Balaban J connectivity index is 1.85. The van der Waals surface area contributed by atoms with Crippen LogP contribution in [0.2, 0.25) is 0 Å². The van der Waals surface area contributed by atoms with Gasteiger partial charge in [0.25, 0.3) is 0 Å². The highest BCUT2D eigenvalue weighted by atomic mass is 15.0. The van der Waals surface area contributed by atoms with E-state index >= 15 is 0 Å². The summed E-state index contributed by atoms with van der Waals surface area (Å²) in [6.45, 7) is 7.79. The van der Waals surface area contributed by atoms with Gasteiger partial charge >= 0.3 is 0 Å². The van der Waals surface area contributed by atoms with Crippen LogP contribution in [0.1, 0.15) is 39.5 Å². The molecule has 0 radical (unpaired) electrons. The maximum absolute atomic E-state index is 3.55. The smallest absolute Gasteiger partial charge is 0.0164 e. The topological polar surface area (TPSA) is 24.1 Å². The van der Waals surface area contributed by atoms with Crippen molar-refractivity contribution in [3.8, 4) is 0 Å². The molecule has 0 spiro atoms. The molecule has 0 saturated heterocycles. The minimum Gasteiger partial charge on any atom is -0.315 e. The van der Waals surface area contributed by atoms with E-state index in [0.29, 0.717) is 6.04 Å². The summed E-state index contributed by atoms with van der Waals surface area (Å²) in [5, 5.41) is 6.91. The fourth-order valence-electron chi connectivity index (χ4n) is 1.75. The van der Waals surface area contributed by atoms with E-state index in [9.17, 15) is 0 Å². The average Bonchev–Trinajstić information content (AvgIpc) is 2.06. The van der Waals surface area contributed by atoms with E-state index in [1.54, 1.807) is 0 Å². The lowest BCUT2D eigenvalue weighted by atomic mass is 9.83. The summed E-state index contributed by atoms with van der Waals surface area (Å²) in [6, 6.07) is 0.625. The molecule has 1 atom stereocenters. The first-order valence-corrected chi connectivity index (χ1v) is 5.77. The highest BCUT2D eigenvalue weighted by Crippen LogP contribution is 2.28. The zero-order valence-corrected chi connectivity index (χ0v) is 9.10. The molecule has 0 aromatic carbocycles. The van der Waals surface area contributed by atoms with Crippen molar-refractivity contribution in [3.05, 3.63) is 0 Å². The van der Waals surface area contributed by atoms with E-state index in [2.05, 4.69) is 24.5 Å². The van der Waals surface area contributed by atoms with Gasteiger partial charge in [0.1, 0.15) is 0 Å². The van der Waals surface area contributed by atoms with Gasteiger partial charge in [0.2, 0.25) is 0 Å². The first-order valence-electron chi connectivity index (χ1n) is 5.77. The van der Waals surface area contributed by atoms with Crippen LogP contribution in [0, 0.1) is 5.92 Å². The third-order valence-electron chi connectivity index (χ3n) is 2.97. The maximum atomic E-state index is 3.55. The monoisotopic (exact) mass is 184 g/mol. The van der Waals surface area contributed by atoms with Gasteiger partial charge in [-0.3, -0.25) is 0 Å². The van der Waals surface area contributed by atoms with Crippen LogP contribution in [0.25, 0.3) is 0 Å². The number of hydrogen-bond acceptors (Lipinski definition) is 2. The van der Waals surface area contributed by atoms with Crippen LogP contribution < -0.4 is 10.6 Å².